The minimum atomic E-state index is -0.223. The molecule has 0 fully saturated rings. The van der Waals surface area contributed by atoms with Crippen LogP contribution in [0.2, 0.25) is 0 Å². The van der Waals surface area contributed by atoms with Gasteiger partial charge in [-0.15, -0.1) is 0 Å². The van der Waals surface area contributed by atoms with Gasteiger partial charge in [-0.1, -0.05) is 31.9 Å². The zero-order valence-corrected chi connectivity index (χ0v) is 14.0. The summed E-state index contributed by atoms with van der Waals surface area (Å²) in [5.41, 5.74) is 2.36. The Balaban J connectivity index is 1.75. The van der Waals surface area contributed by atoms with Crippen molar-refractivity contribution in [2.24, 2.45) is 0 Å². The number of carbonyl (C=O) groups is 1. The van der Waals surface area contributed by atoms with E-state index in [0.717, 1.165) is 43.5 Å². The van der Waals surface area contributed by atoms with Crippen LogP contribution in [0.1, 0.15) is 42.2 Å². The topological polar surface area (TPSA) is 54.0 Å². The fourth-order valence-corrected chi connectivity index (χ4v) is 2.30. The summed E-state index contributed by atoms with van der Waals surface area (Å²) >= 11 is 0. The van der Waals surface area contributed by atoms with Crippen LogP contribution in [0, 0.1) is 5.82 Å². The molecule has 1 heterocycles. The molecule has 0 aliphatic carbocycles. The number of halogens is 1. The Labute approximate surface area is 142 Å². The number of nitrogens with zero attached hydrogens (tertiary/aromatic N) is 1. The van der Waals surface area contributed by atoms with Crippen LogP contribution in [-0.4, -0.2) is 24.0 Å². The van der Waals surface area contributed by atoms with Crippen molar-refractivity contribution in [2.45, 2.75) is 32.6 Å². The second-order valence-electron chi connectivity index (χ2n) is 5.70. The lowest BCUT2D eigenvalue weighted by molar-refractivity contribution is 0.0948. The number of anilines is 1. The van der Waals surface area contributed by atoms with Gasteiger partial charge in [0.05, 0.1) is 11.9 Å². The second kappa shape index (κ2) is 9.65. The second-order valence-corrected chi connectivity index (χ2v) is 5.70. The number of amides is 1. The summed E-state index contributed by atoms with van der Waals surface area (Å²) in [7, 11) is 0. The van der Waals surface area contributed by atoms with Crippen molar-refractivity contribution in [3.8, 4) is 0 Å². The van der Waals surface area contributed by atoms with E-state index < -0.39 is 0 Å². The highest BCUT2D eigenvalue weighted by molar-refractivity contribution is 5.92. The average Bonchev–Trinajstić information content (AvgIpc) is 2.61. The molecule has 0 bridgehead atoms. The molecule has 1 aromatic heterocycles. The van der Waals surface area contributed by atoms with Crippen molar-refractivity contribution in [3.05, 3.63) is 59.7 Å². The first kappa shape index (κ1) is 17.9. The molecule has 1 aromatic carbocycles. The summed E-state index contributed by atoms with van der Waals surface area (Å²) < 4.78 is 12.8. The van der Waals surface area contributed by atoms with E-state index in [1.54, 1.807) is 24.4 Å². The summed E-state index contributed by atoms with van der Waals surface area (Å²) in [4.78, 5) is 16.1. The van der Waals surface area contributed by atoms with E-state index in [1.807, 2.05) is 6.07 Å². The zero-order chi connectivity index (χ0) is 17.2. The first-order chi connectivity index (χ1) is 11.7. The van der Waals surface area contributed by atoms with Crippen molar-refractivity contribution in [2.75, 3.05) is 18.4 Å². The minimum absolute atomic E-state index is 0.135. The highest BCUT2D eigenvalue weighted by Crippen LogP contribution is 2.08. The van der Waals surface area contributed by atoms with Gasteiger partial charge in [-0.2, -0.15) is 0 Å². The molecule has 0 saturated heterocycles. The summed E-state index contributed by atoms with van der Waals surface area (Å²) in [6, 6.07) is 10.0. The minimum Gasteiger partial charge on any atom is -0.383 e. The van der Waals surface area contributed by atoms with Gasteiger partial charge in [-0.3, -0.25) is 4.79 Å². The lowest BCUT2D eigenvalue weighted by Crippen LogP contribution is -2.25. The highest BCUT2D eigenvalue weighted by atomic mass is 19.1. The SMILES string of the molecule is CCCCCNC(=O)c1ccc(NCCc2ccc(F)cc2)cn1. The van der Waals surface area contributed by atoms with Crippen LogP contribution in [0.3, 0.4) is 0 Å². The number of pyridine rings is 1. The van der Waals surface area contributed by atoms with E-state index in [4.69, 9.17) is 0 Å². The van der Waals surface area contributed by atoms with Crippen molar-refractivity contribution >= 4 is 11.6 Å². The van der Waals surface area contributed by atoms with E-state index in [-0.39, 0.29) is 11.7 Å². The maximum Gasteiger partial charge on any atom is 0.269 e. The molecule has 0 unspecified atom stereocenters. The van der Waals surface area contributed by atoms with Gasteiger partial charge in [0.1, 0.15) is 11.5 Å². The smallest absolute Gasteiger partial charge is 0.269 e. The van der Waals surface area contributed by atoms with Crippen LogP contribution < -0.4 is 10.6 Å². The van der Waals surface area contributed by atoms with E-state index in [9.17, 15) is 9.18 Å². The molecule has 4 nitrogen and oxygen atoms in total. The lowest BCUT2D eigenvalue weighted by atomic mass is 10.1. The predicted octanol–water partition coefficient (Wildman–Crippen LogP) is 3.80. The third kappa shape index (κ3) is 5.99. The van der Waals surface area contributed by atoms with Gasteiger partial charge in [-0.25, -0.2) is 9.37 Å². The molecule has 24 heavy (non-hydrogen) atoms. The Hall–Kier alpha value is -2.43. The highest BCUT2D eigenvalue weighted by Gasteiger charge is 2.06. The Morgan fingerprint density at radius 3 is 2.54 bits per heavy atom. The van der Waals surface area contributed by atoms with E-state index in [0.29, 0.717) is 12.2 Å². The Morgan fingerprint density at radius 1 is 1.08 bits per heavy atom. The molecule has 0 atom stereocenters. The third-order valence-electron chi connectivity index (χ3n) is 3.72. The van der Waals surface area contributed by atoms with Gasteiger partial charge in [0.15, 0.2) is 0 Å². The van der Waals surface area contributed by atoms with Gasteiger partial charge >= 0.3 is 0 Å². The first-order valence-electron chi connectivity index (χ1n) is 8.41. The van der Waals surface area contributed by atoms with Crippen molar-refractivity contribution < 1.29 is 9.18 Å². The number of hydrogen-bond donors (Lipinski definition) is 2. The largest absolute Gasteiger partial charge is 0.383 e. The first-order valence-corrected chi connectivity index (χ1v) is 8.41. The van der Waals surface area contributed by atoms with E-state index >= 15 is 0 Å². The maximum absolute atomic E-state index is 12.8. The molecule has 0 radical (unpaired) electrons. The fourth-order valence-electron chi connectivity index (χ4n) is 2.30. The molecular weight excluding hydrogens is 305 g/mol. The molecule has 0 saturated carbocycles. The zero-order valence-electron chi connectivity index (χ0n) is 14.0. The molecular formula is C19H24FN3O. The summed E-state index contributed by atoms with van der Waals surface area (Å²) in [5.74, 6) is -0.358. The van der Waals surface area contributed by atoms with Gasteiger partial charge in [-0.05, 0) is 42.7 Å². The number of nitrogens with one attached hydrogen (secondary N) is 2. The van der Waals surface area contributed by atoms with Crippen LogP contribution >= 0.6 is 0 Å². The lowest BCUT2D eigenvalue weighted by Gasteiger charge is -2.08. The number of rotatable bonds is 9. The normalized spacial score (nSPS) is 10.4. The van der Waals surface area contributed by atoms with Crippen molar-refractivity contribution in [1.82, 2.24) is 10.3 Å². The molecule has 0 spiro atoms. The molecule has 1 amide bonds. The number of benzene rings is 1. The van der Waals surface area contributed by atoms with Crippen LogP contribution in [-0.2, 0) is 6.42 Å². The quantitative estimate of drug-likeness (QED) is 0.688. The Kier molecular flexibility index (Phi) is 7.21. The summed E-state index contributed by atoms with van der Waals surface area (Å²) in [6.45, 7) is 3.53. The van der Waals surface area contributed by atoms with Gasteiger partial charge in [0.2, 0.25) is 0 Å². The van der Waals surface area contributed by atoms with Crippen molar-refractivity contribution in [3.63, 3.8) is 0 Å². The van der Waals surface area contributed by atoms with E-state index in [1.165, 1.54) is 12.1 Å². The molecule has 0 aliphatic rings. The van der Waals surface area contributed by atoms with Crippen molar-refractivity contribution in [1.29, 1.82) is 0 Å². The van der Waals surface area contributed by atoms with Crippen LogP contribution in [0.25, 0.3) is 0 Å². The van der Waals surface area contributed by atoms with Crippen LogP contribution in [0.5, 0.6) is 0 Å². The maximum atomic E-state index is 12.8. The van der Waals surface area contributed by atoms with Crippen LogP contribution in [0.4, 0.5) is 10.1 Å². The van der Waals surface area contributed by atoms with Gasteiger partial charge in [0.25, 0.3) is 5.91 Å². The molecule has 2 aromatic rings. The molecule has 2 rings (SSSR count). The third-order valence-corrected chi connectivity index (χ3v) is 3.72. The number of carbonyl (C=O) groups excluding carboxylic acids is 1. The summed E-state index contributed by atoms with van der Waals surface area (Å²) in [6.07, 6.45) is 5.69. The molecule has 0 aliphatic heterocycles. The van der Waals surface area contributed by atoms with Crippen LogP contribution in [0.15, 0.2) is 42.6 Å². The number of hydrogen-bond acceptors (Lipinski definition) is 3. The average molecular weight is 329 g/mol. The van der Waals surface area contributed by atoms with Gasteiger partial charge < -0.3 is 10.6 Å². The Morgan fingerprint density at radius 2 is 1.88 bits per heavy atom. The molecule has 2 N–H and O–H groups in total. The molecule has 5 heteroatoms. The van der Waals surface area contributed by atoms with E-state index in [2.05, 4.69) is 22.5 Å². The predicted molar refractivity (Wildman–Crippen MR) is 94.7 cm³/mol. The van der Waals surface area contributed by atoms with Gasteiger partial charge in [0, 0.05) is 13.1 Å². The fraction of sp³-hybridized carbons (Fsp3) is 0.368. The molecule has 128 valence electrons. The standard InChI is InChI=1S/C19H24FN3O/c1-2-3-4-12-22-19(24)18-10-9-17(14-23-18)21-13-11-15-5-7-16(20)8-6-15/h5-10,14,21H,2-4,11-13H2,1H3,(H,22,24). The Bertz CT molecular complexity index is 626. The monoisotopic (exact) mass is 329 g/mol. The number of aromatic nitrogens is 1. The summed E-state index contributed by atoms with van der Waals surface area (Å²) in [5, 5.41) is 6.12. The number of unbranched alkanes of at least 4 members (excludes halogenated alkanes) is 2.